The van der Waals surface area contributed by atoms with Crippen LogP contribution in [0.3, 0.4) is 0 Å². The summed E-state index contributed by atoms with van der Waals surface area (Å²) in [4.78, 5) is 11.2. The first-order chi connectivity index (χ1) is 7.77. The van der Waals surface area contributed by atoms with Crippen LogP contribution in [0.1, 0.15) is 11.1 Å². The van der Waals surface area contributed by atoms with Crippen LogP contribution in [0.25, 0.3) is 11.1 Å². The van der Waals surface area contributed by atoms with E-state index in [2.05, 4.69) is 0 Å². The molecule has 1 aliphatic carbocycles. The lowest BCUT2D eigenvalue weighted by Gasteiger charge is -2.17. The van der Waals surface area contributed by atoms with Gasteiger partial charge in [-0.3, -0.25) is 4.79 Å². The first-order valence-electron chi connectivity index (χ1n) is 5.15. The quantitative estimate of drug-likeness (QED) is 0.732. The van der Waals surface area contributed by atoms with Crippen LogP contribution in [0.5, 0.6) is 0 Å². The smallest absolute Gasteiger partial charge is 0.171 e. The number of fused-ring (bicyclic) bond motifs is 3. The maximum absolute atomic E-state index is 11.2. The molecular formula is C14H10O2. The SMILES string of the molecule is O=CC1(O)c2ccccc2-c2ccccc21. The van der Waals surface area contributed by atoms with Gasteiger partial charge in [-0.25, -0.2) is 0 Å². The van der Waals surface area contributed by atoms with Gasteiger partial charge in [0.15, 0.2) is 11.9 Å². The van der Waals surface area contributed by atoms with Gasteiger partial charge in [-0.1, -0.05) is 48.5 Å². The van der Waals surface area contributed by atoms with Crippen molar-refractivity contribution in [3.8, 4) is 11.1 Å². The average Bonchev–Trinajstić information content (AvgIpc) is 2.62. The van der Waals surface area contributed by atoms with E-state index in [1.807, 2.05) is 36.4 Å². The summed E-state index contributed by atoms with van der Waals surface area (Å²) in [5.74, 6) is 0. The van der Waals surface area contributed by atoms with Gasteiger partial charge < -0.3 is 5.11 Å². The molecule has 0 saturated carbocycles. The second kappa shape index (κ2) is 3.03. The monoisotopic (exact) mass is 210 g/mol. The predicted octanol–water partition coefficient (Wildman–Crippen LogP) is 2.10. The van der Waals surface area contributed by atoms with Crippen molar-refractivity contribution in [2.24, 2.45) is 0 Å². The highest BCUT2D eigenvalue weighted by Gasteiger charge is 2.40. The largest absolute Gasteiger partial charge is 0.373 e. The summed E-state index contributed by atoms with van der Waals surface area (Å²) in [7, 11) is 0. The van der Waals surface area contributed by atoms with Gasteiger partial charge in [0.25, 0.3) is 0 Å². The highest BCUT2D eigenvalue weighted by Crippen LogP contribution is 2.45. The third-order valence-corrected chi connectivity index (χ3v) is 3.14. The fourth-order valence-corrected chi connectivity index (χ4v) is 2.37. The normalized spacial score (nSPS) is 15.3. The molecule has 2 nitrogen and oxygen atoms in total. The number of hydrogen-bond acceptors (Lipinski definition) is 2. The molecule has 16 heavy (non-hydrogen) atoms. The van der Waals surface area contributed by atoms with Crippen molar-refractivity contribution in [2.75, 3.05) is 0 Å². The number of carbonyl (C=O) groups is 1. The molecule has 0 unspecified atom stereocenters. The van der Waals surface area contributed by atoms with E-state index in [0.29, 0.717) is 17.4 Å². The molecule has 2 heteroatoms. The fraction of sp³-hybridized carbons (Fsp3) is 0.0714. The number of hydrogen-bond donors (Lipinski definition) is 1. The van der Waals surface area contributed by atoms with Gasteiger partial charge in [0.1, 0.15) is 0 Å². The Morgan fingerprint density at radius 1 is 0.875 bits per heavy atom. The van der Waals surface area contributed by atoms with Gasteiger partial charge in [0, 0.05) is 11.1 Å². The Labute approximate surface area is 93.2 Å². The Bertz CT molecular complexity index is 527. The van der Waals surface area contributed by atoms with Gasteiger partial charge in [-0.05, 0) is 11.1 Å². The Morgan fingerprint density at radius 3 is 1.75 bits per heavy atom. The zero-order valence-electron chi connectivity index (χ0n) is 8.55. The Morgan fingerprint density at radius 2 is 1.31 bits per heavy atom. The highest BCUT2D eigenvalue weighted by molar-refractivity contribution is 5.89. The van der Waals surface area contributed by atoms with Gasteiger partial charge in [0.2, 0.25) is 0 Å². The van der Waals surface area contributed by atoms with Crippen molar-refractivity contribution in [3.63, 3.8) is 0 Å². The molecule has 2 aromatic rings. The topological polar surface area (TPSA) is 37.3 Å². The van der Waals surface area contributed by atoms with Crippen LogP contribution < -0.4 is 0 Å². The standard InChI is InChI=1S/C14H10O2/c15-9-14(16)12-7-3-1-5-10(12)11-6-2-4-8-13(11)14/h1-9,16H. The average molecular weight is 210 g/mol. The van der Waals surface area contributed by atoms with Crippen molar-refractivity contribution in [3.05, 3.63) is 59.7 Å². The molecule has 0 radical (unpaired) electrons. The Kier molecular flexibility index (Phi) is 1.76. The molecule has 0 saturated heterocycles. The zero-order valence-corrected chi connectivity index (χ0v) is 8.55. The van der Waals surface area contributed by atoms with Crippen LogP contribution in [-0.2, 0) is 10.4 Å². The zero-order chi connectivity index (χ0) is 11.2. The van der Waals surface area contributed by atoms with Crippen molar-refractivity contribution >= 4 is 6.29 Å². The van der Waals surface area contributed by atoms with Crippen molar-refractivity contribution in [1.82, 2.24) is 0 Å². The molecule has 0 fully saturated rings. The summed E-state index contributed by atoms with van der Waals surface area (Å²) in [6, 6.07) is 14.9. The van der Waals surface area contributed by atoms with E-state index < -0.39 is 5.60 Å². The molecule has 2 aromatic carbocycles. The summed E-state index contributed by atoms with van der Waals surface area (Å²) in [5.41, 5.74) is 1.74. The molecule has 1 aliphatic rings. The lowest BCUT2D eigenvalue weighted by atomic mass is 9.93. The van der Waals surface area contributed by atoms with Crippen LogP contribution in [0, 0.1) is 0 Å². The van der Waals surface area contributed by atoms with Gasteiger partial charge in [-0.2, -0.15) is 0 Å². The second-order valence-corrected chi connectivity index (χ2v) is 3.98. The molecular weight excluding hydrogens is 200 g/mol. The summed E-state index contributed by atoms with van der Waals surface area (Å²) >= 11 is 0. The number of aldehydes is 1. The molecule has 0 amide bonds. The fourth-order valence-electron chi connectivity index (χ4n) is 2.37. The molecule has 0 atom stereocenters. The number of aliphatic hydroxyl groups is 1. The van der Waals surface area contributed by atoms with Crippen molar-refractivity contribution < 1.29 is 9.90 Å². The van der Waals surface area contributed by atoms with E-state index in [0.717, 1.165) is 11.1 Å². The maximum atomic E-state index is 11.2. The second-order valence-electron chi connectivity index (χ2n) is 3.98. The van der Waals surface area contributed by atoms with E-state index in [4.69, 9.17) is 0 Å². The molecule has 0 aliphatic heterocycles. The Balaban J connectivity index is 2.43. The third-order valence-electron chi connectivity index (χ3n) is 3.14. The molecule has 78 valence electrons. The first kappa shape index (κ1) is 9.31. The van der Waals surface area contributed by atoms with Crippen molar-refractivity contribution in [1.29, 1.82) is 0 Å². The Hall–Kier alpha value is -1.93. The van der Waals surface area contributed by atoms with Crippen LogP contribution in [0.4, 0.5) is 0 Å². The van der Waals surface area contributed by atoms with Gasteiger partial charge >= 0.3 is 0 Å². The van der Waals surface area contributed by atoms with Crippen LogP contribution in [0.15, 0.2) is 48.5 Å². The van der Waals surface area contributed by atoms with E-state index in [-0.39, 0.29) is 0 Å². The number of carbonyl (C=O) groups excluding carboxylic acids is 1. The predicted molar refractivity (Wildman–Crippen MR) is 60.9 cm³/mol. The highest BCUT2D eigenvalue weighted by atomic mass is 16.3. The maximum Gasteiger partial charge on any atom is 0.171 e. The van der Waals surface area contributed by atoms with Crippen LogP contribution >= 0.6 is 0 Å². The lowest BCUT2D eigenvalue weighted by Crippen LogP contribution is -2.25. The number of benzene rings is 2. The minimum absolute atomic E-state index is 0.609. The van der Waals surface area contributed by atoms with Crippen LogP contribution in [-0.4, -0.2) is 11.4 Å². The summed E-state index contributed by atoms with van der Waals surface area (Å²) < 4.78 is 0. The third kappa shape index (κ3) is 0.969. The van der Waals surface area contributed by atoms with Gasteiger partial charge in [0.05, 0.1) is 0 Å². The minimum Gasteiger partial charge on any atom is -0.373 e. The summed E-state index contributed by atoms with van der Waals surface area (Å²) in [5, 5.41) is 10.4. The minimum atomic E-state index is -1.48. The van der Waals surface area contributed by atoms with E-state index in [1.54, 1.807) is 12.1 Å². The summed E-state index contributed by atoms with van der Waals surface area (Å²) in [6.07, 6.45) is 0.609. The van der Waals surface area contributed by atoms with E-state index >= 15 is 0 Å². The van der Waals surface area contributed by atoms with Crippen molar-refractivity contribution in [2.45, 2.75) is 5.60 Å². The summed E-state index contributed by atoms with van der Waals surface area (Å²) in [6.45, 7) is 0. The lowest BCUT2D eigenvalue weighted by molar-refractivity contribution is -0.120. The van der Waals surface area contributed by atoms with E-state index in [9.17, 15) is 9.90 Å². The molecule has 0 bridgehead atoms. The molecule has 1 N–H and O–H groups in total. The van der Waals surface area contributed by atoms with Crippen LogP contribution in [0.2, 0.25) is 0 Å². The van der Waals surface area contributed by atoms with Gasteiger partial charge in [-0.15, -0.1) is 0 Å². The molecule has 0 aromatic heterocycles. The molecule has 0 spiro atoms. The number of rotatable bonds is 1. The molecule has 0 heterocycles. The van der Waals surface area contributed by atoms with E-state index in [1.165, 1.54) is 0 Å². The first-order valence-corrected chi connectivity index (χ1v) is 5.15. The molecule has 3 rings (SSSR count).